The lowest BCUT2D eigenvalue weighted by Crippen LogP contribution is -1.92. The maximum atomic E-state index is 12.1. The summed E-state index contributed by atoms with van der Waals surface area (Å²) in [6.45, 7) is 0. The van der Waals surface area contributed by atoms with Gasteiger partial charge in [0.1, 0.15) is 0 Å². The van der Waals surface area contributed by atoms with Gasteiger partial charge in [0.25, 0.3) is 6.08 Å². The predicted octanol–water partition coefficient (Wildman–Crippen LogP) is 3.88. The minimum atomic E-state index is -1.42. The molecule has 0 radical (unpaired) electrons. The predicted molar refractivity (Wildman–Crippen MR) is 41.6 cm³/mol. The molecular formula is C9H14F2. The summed E-state index contributed by atoms with van der Waals surface area (Å²) in [5.74, 6) is 0. The molecule has 0 bridgehead atoms. The lowest BCUT2D eigenvalue weighted by atomic mass is 9.97. The highest BCUT2D eigenvalue weighted by molar-refractivity contribution is 5.02. The number of hydrogen-bond acceptors (Lipinski definition) is 0. The molecule has 11 heavy (non-hydrogen) atoms. The van der Waals surface area contributed by atoms with Crippen molar-refractivity contribution < 1.29 is 8.78 Å². The van der Waals surface area contributed by atoms with Crippen LogP contribution in [0, 0.1) is 0 Å². The van der Waals surface area contributed by atoms with Crippen LogP contribution in [0.3, 0.4) is 0 Å². The van der Waals surface area contributed by atoms with Crippen LogP contribution < -0.4 is 0 Å². The molecule has 0 atom stereocenters. The molecule has 0 aromatic carbocycles. The van der Waals surface area contributed by atoms with E-state index in [1.165, 1.54) is 6.42 Å². The van der Waals surface area contributed by atoms with Gasteiger partial charge in [-0.05, 0) is 31.3 Å². The van der Waals surface area contributed by atoms with Gasteiger partial charge in [0.2, 0.25) is 0 Å². The Morgan fingerprint density at radius 2 is 1.27 bits per heavy atom. The van der Waals surface area contributed by atoms with E-state index in [1.807, 2.05) is 0 Å². The van der Waals surface area contributed by atoms with E-state index in [9.17, 15) is 8.78 Å². The van der Waals surface area contributed by atoms with Crippen molar-refractivity contribution in [2.45, 2.75) is 44.9 Å². The molecule has 0 aliphatic heterocycles. The molecule has 0 aromatic rings. The van der Waals surface area contributed by atoms with Crippen LogP contribution in [0.1, 0.15) is 44.9 Å². The van der Waals surface area contributed by atoms with E-state index < -0.39 is 6.08 Å². The first kappa shape index (κ1) is 8.69. The van der Waals surface area contributed by atoms with Gasteiger partial charge in [-0.2, -0.15) is 8.78 Å². The first-order valence-electron chi connectivity index (χ1n) is 4.34. The summed E-state index contributed by atoms with van der Waals surface area (Å²) in [6, 6.07) is 0. The van der Waals surface area contributed by atoms with Crippen LogP contribution >= 0.6 is 0 Å². The zero-order valence-corrected chi connectivity index (χ0v) is 6.71. The summed E-state index contributed by atoms with van der Waals surface area (Å²) in [5.41, 5.74) is 0.407. The normalized spacial score (nSPS) is 20.7. The van der Waals surface area contributed by atoms with Gasteiger partial charge >= 0.3 is 0 Å². The maximum Gasteiger partial charge on any atom is 0.269 e. The molecule has 2 heteroatoms. The first-order valence-corrected chi connectivity index (χ1v) is 4.34. The quantitative estimate of drug-likeness (QED) is 0.504. The van der Waals surface area contributed by atoms with Crippen LogP contribution in [-0.4, -0.2) is 0 Å². The van der Waals surface area contributed by atoms with Crippen LogP contribution in [0.25, 0.3) is 0 Å². The van der Waals surface area contributed by atoms with Crippen LogP contribution in [0.15, 0.2) is 11.7 Å². The van der Waals surface area contributed by atoms with E-state index in [0.717, 1.165) is 25.7 Å². The second kappa shape index (κ2) is 4.47. The Bertz CT molecular complexity index is 136. The summed E-state index contributed by atoms with van der Waals surface area (Å²) < 4.78 is 24.2. The van der Waals surface area contributed by atoms with Gasteiger partial charge in [-0.3, -0.25) is 0 Å². The average Bonchev–Trinajstić information content (AvgIpc) is 1.84. The summed E-state index contributed by atoms with van der Waals surface area (Å²) in [5, 5.41) is 0. The monoisotopic (exact) mass is 160 g/mol. The lowest BCUT2D eigenvalue weighted by Gasteiger charge is -2.10. The fraction of sp³-hybridized carbons (Fsp3) is 0.778. The average molecular weight is 160 g/mol. The minimum absolute atomic E-state index is 0.407. The third-order valence-corrected chi connectivity index (χ3v) is 2.22. The Kier molecular flexibility index (Phi) is 3.53. The number of hydrogen-bond donors (Lipinski definition) is 0. The largest absolute Gasteiger partial charge is 0.269 e. The van der Waals surface area contributed by atoms with Crippen molar-refractivity contribution in [1.29, 1.82) is 0 Å². The maximum absolute atomic E-state index is 12.1. The summed E-state index contributed by atoms with van der Waals surface area (Å²) >= 11 is 0. The van der Waals surface area contributed by atoms with Gasteiger partial charge in [-0.15, -0.1) is 0 Å². The van der Waals surface area contributed by atoms with E-state index in [1.54, 1.807) is 0 Å². The molecular weight excluding hydrogens is 146 g/mol. The Balaban J connectivity index is 2.45. The Labute approximate surface area is 66.3 Å². The van der Waals surface area contributed by atoms with E-state index in [2.05, 4.69) is 0 Å². The van der Waals surface area contributed by atoms with Gasteiger partial charge in [0.15, 0.2) is 0 Å². The summed E-state index contributed by atoms with van der Waals surface area (Å²) in [4.78, 5) is 0. The Morgan fingerprint density at radius 3 is 1.73 bits per heavy atom. The van der Waals surface area contributed by atoms with Crippen molar-refractivity contribution in [2.75, 3.05) is 0 Å². The van der Waals surface area contributed by atoms with Gasteiger partial charge in [-0.1, -0.05) is 19.3 Å². The van der Waals surface area contributed by atoms with E-state index >= 15 is 0 Å². The van der Waals surface area contributed by atoms with E-state index in [4.69, 9.17) is 0 Å². The number of allylic oxidation sites excluding steroid dienone is 1. The van der Waals surface area contributed by atoms with Gasteiger partial charge in [0, 0.05) is 0 Å². The molecule has 1 aliphatic rings. The van der Waals surface area contributed by atoms with Crippen molar-refractivity contribution in [1.82, 2.24) is 0 Å². The molecule has 0 heterocycles. The fourth-order valence-electron chi connectivity index (χ4n) is 1.52. The van der Waals surface area contributed by atoms with Gasteiger partial charge in [-0.25, -0.2) is 0 Å². The standard InChI is InChI=1S/C9H14F2/c10-9(11)8-6-4-2-1-3-5-7-8/h1-7H2. The summed E-state index contributed by atoms with van der Waals surface area (Å²) in [7, 11) is 0. The third kappa shape index (κ3) is 3.00. The number of halogens is 2. The van der Waals surface area contributed by atoms with Crippen LogP contribution in [0.4, 0.5) is 8.78 Å². The van der Waals surface area contributed by atoms with E-state index in [0.29, 0.717) is 18.4 Å². The Morgan fingerprint density at radius 1 is 0.818 bits per heavy atom. The molecule has 1 rings (SSSR count). The number of rotatable bonds is 0. The van der Waals surface area contributed by atoms with Crippen molar-refractivity contribution >= 4 is 0 Å². The molecule has 1 fully saturated rings. The highest BCUT2D eigenvalue weighted by Gasteiger charge is 2.08. The molecule has 0 spiro atoms. The third-order valence-electron chi connectivity index (χ3n) is 2.22. The van der Waals surface area contributed by atoms with E-state index in [-0.39, 0.29) is 0 Å². The second-order valence-corrected chi connectivity index (χ2v) is 3.13. The lowest BCUT2D eigenvalue weighted by molar-refractivity contribution is 0.396. The zero-order chi connectivity index (χ0) is 8.10. The molecule has 1 saturated carbocycles. The molecule has 0 unspecified atom stereocenters. The first-order chi connectivity index (χ1) is 5.30. The molecule has 0 saturated heterocycles. The van der Waals surface area contributed by atoms with Crippen molar-refractivity contribution in [3.8, 4) is 0 Å². The zero-order valence-electron chi connectivity index (χ0n) is 6.71. The smallest absolute Gasteiger partial charge is 0.173 e. The van der Waals surface area contributed by atoms with Crippen molar-refractivity contribution in [3.63, 3.8) is 0 Å². The Hall–Kier alpha value is -0.400. The molecule has 64 valence electrons. The highest BCUT2D eigenvalue weighted by atomic mass is 19.3. The van der Waals surface area contributed by atoms with Crippen molar-refractivity contribution in [2.24, 2.45) is 0 Å². The molecule has 0 aromatic heterocycles. The van der Waals surface area contributed by atoms with Gasteiger partial charge in [0.05, 0.1) is 0 Å². The minimum Gasteiger partial charge on any atom is -0.173 e. The van der Waals surface area contributed by atoms with Crippen LogP contribution in [-0.2, 0) is 0 Å². The van der Waals surface area contributed by atoms with Gasteiger partial charge < -0.3 is 0 Å². The highest BCUT2D eigenvalue weighted by Crippen LogP contribution is 2.24. The fourth-order valence-corrected chi connectivity index (χ4v) is 1.52. The van der Waals surface area contributed by atoms with Crippen LogP contribution in [0.5, 0.6) is 0 Å². The molecule has 1 aliphatic carbocycles. The molecule has 0 N–H and O–H groups in total. The molecule has 0 amide bonds. The summed E-state index contributed by atoms with van der Waals surface area (Å²) in [6.07, 6.45) is 5.20. The second-order valence-electron chi connectivity index (χ2n) is 3.13. The molecule has 0 nitrogen and oxygen atoms in total. The SMILES string of the molecule is FC(F)=C1CCCCCCC1. The topological polar surface area (TPSA) is 0 Å². The van der Waals surface area contributed by atoms with Crippen molar-refractivity contribution in [3.05, 3.63) is 11.7 Å². The van der Waals surface area contributed by atoms with Crippen LogP contribution in [0.2, 0.25) is 0 Å².